The molecule has 2 amide bonds. The molecule has 0 saturated heterocycles. The lowest BCUT2D eigenvalue weighted by molar-refractivity contribution is -0.140. The number of hydrogen-bond acceptors (Lipinski definition) is 2. The second-order valence-electron chi connectivity index (χ2n) is 6.21. The van der Waals surface area contributed by atoms with Gasteiger partial charge in [-0.3, -0.25) is 9.59 Å². The number of rotatable bonds is 8. The SMILES string of the molecule is CCCC(=O)N(Cc1ccc(Cl)cc1)[C@@H](C)C(=O)NCC(C)C. The zero-order chi connectivity index (χ0) is 17.4. The van der Waals surface area contributed by atoms with Gasteiger partial charge in [0, 0.05) is 24.5 Å². The van der Waals surface area contributed by atoms with Gasteiger partial charge in [0.25, 0.3) is 0 Å². The molecule has 0 heterocycles. The van der Waals surface area contributed by atoms with Crippen LogP contribution in [0, 0.1) is 5.92 Å². The molecule has 5 heteroatoms. The molecular weight excluding hydrogens is 312 g/mol. The lowest BCUT2D eigenvalue weighted by Gasteiger charge is -2.29. The van der Waals surface area contributed by atoms with E-state index in [1.54, 1.807) is 24.0 Å². The highest BCUT2D eigenvalue weighted by molar-refractivity contribution is 6.30. The fourth-order valence-electron chi connectivity index (χ4n) is 2.18. The Morgan fingerprint density at radius 3 is 2.30 bits per heavy atom. The highest BCUT2D eigenvalue weighted by Crippen LogP contribution is 2.15. The van der Waals surface area contributed by atoms with Crippen molar-refractivity contribution in [1.29, 1.82) is 0 Å². The highest BCUT2D eigenvalue weighted by atomic mass is 35.5. The van der Waals surface area contributed by atoms with Gasteiger partial charge in [-0.05, 0) is 37.0 Å². The van der Waals surface area contributed by atoms with Crippen molar-refractivity contribution in [1.82, 2.24) is 10.2 Å². The van der Waals surface area contributed by atoms with Gasteiger partial charge in [-0.1, -0.05) is 44.5 Å². The van der Waals surface area contributed by atoms with Crippen LogP contribution < -0.4 is 5.32 Å². The van der Waals surface area contributed by atoms with Crippen LogP contribution in [0.3, 0.4) is 0 Å². The van der Waals surface area contributed by atoms with E-state index in [0.717, 1.165) is 12.0 Å². The molecule has 0 saturated carbocycles. The Morgan fingerprint density at radius 1 is 1.17 bits per heavy atom. The summed E-state index contributed by atoms with van der Waals surface area (Å²) in [5.41, 5.74) is 0.961. The van der Waals surface area contributed by atoms with E-state index < -0.39 is 6.04 Å². The minimum atomic E-state index is -0.497. The van der Waals surface area contributed by atoms with Crippen molar-refractivity contribution in [2.24, 2.45) is 5.92 Å². The van der Waals surface area contributed by atoms with Crippen molar-refractivity contribution in [3.8, 4) is 0 Å². The summed E-state index contributed by atoms with van der Waals surface area (Å²) in [6, 6.07) is 6.86. The van der Waals surface area contributed by atoms with Gasteiger partial charge in [-0.2, -0.15) is 0 Å². The number of amides is 2. The summed E-state index contributed by atoms with van der Waals surface area (Å²) in [7, 11) is 0. The van der Waals surface area contributed by atoms with E-state index in [9.17, 15) is 9.59 Å². The summed E-state index contributed by atoms with van der Waals surface area (Å²) in [6.45, 7) is 8.84. The Morgan fingerprint density at radius 2 is 1.78 bits per heavy atom. The first kappa shape index (κ1) is 19.5. The van der Waals surface area contributed by atoms with Gasteiger partial charge < -0.3 is 10.2 Å². The molecule has 1 aromatic carbocycles. The van der Waals surface area contributed by atoms with E-state index in [2.05, 4.69) is 5.32 Å². The van der Waals surface area contributed by atoms with E-state index in [1.807, 2.05) is 32.9 Å². The normalized spacial score (nSPS) is 12.1. The second kappa shape index (κ2) is 9.56. The van der Waals surface area contributed by atoms with Crippen molar-refractivity contribution in [2.45, 2.75) is 53.1 Å². The van der Waals surface area contributed by atoms with E-state index >= 15 is 0 Å². The zero-order valence-corrected chi connectivity index (χ0v) is 15.2. The Kier molecular flexibility index (Phi) is 8.10. The van der Waals surface area contributed by atoms with Gasteiger partial charge in [0.2, 0.25) is 11.8 Å². The van der Waals surface area contributed by atoms with Gasteiger partial charge in [-0.15, -0.1) is 0 Å². The largest absolute Gasteiger partial charge is 0.354 e. The molecule has 4 nitrogen and oxygen atoms in total. The molecule has 0 unspecified atom stereocenters. The number of carbonyl (C=O) groups excluding carboxylic acids is 2. The number of nitrogens with one attached hydrogen (secondary N) is 1. The molecule has 0 aromatic heterocycles. The molecule has 128 valence electrons. The molecule has 0 aliphatic carbocycles. The fraction of sp³-hybridized carbons (Fsp3) is 0.556. The molecule has 0 spiro atoms. The van der Waals surface area contributed by atoms with Crippen LogP contribution in [0.25, 0.3) is 0 Å². The summed E-state index contributed by atoms with van der Waals surface area (Å²) in [5.74, 6) is 0.258. The Bertz CT molecular complexity index is 514. The summed E-state index contributed by atoms with van der Waals surface area (Å²) in [6.07, 6.45) is 1.20. The molecule has 0 aliphatic rings. The summed E-state index contributed by atoms with van der Waals surface area (Å²) in [5, 5.41) is 3.56. The predicted molar refractivity (Wildman–Crippen MR) is 94.2 cm³/mol. The standard InChI is InChI=1S/C18H27ClN2O2/c1-5-6-17(22)21(12-15-7-9-16(19)10-8-15)14(4)18(23)20-11-13(2)3/h7-10,13-14H,5-6,11-12H2,1-4H3,(H,20,23)/t14-/m0/s1. The highest BCUT2D eigenvalue weighted by Gasteiger charge is 2.25. The Hall–Kier alpha value is -1.55. The Labute approximate surface area is 144 Å². The van der Waals surface area contributed by atoms with Crippen molar-refractivity contribution in [2.75, 3.05) is 6.54 Å². The maximum atomic E-state index is 12.4. The molecule has 0 bridgehead atoms. The van der Waals surface area contributed by atoms with Gasteiger partial charge in [0.15, 0.2) is 0 Å². The first-order chi connectivity index (χ1) is 10.8. The topological polar surface area (TPSA) is 49.4 Å². The maximum absolute atomic E-state index is 12.4. The molecule has 1 atom stereocenters. The first-order valence-electron chi connectivity index (χ1n) is 8.16. The average molecular weight is 339 g/mol. The zero-order valence-electron chi connectivity index (χ0n) is 14.4. The number of carbonyl (C=O) groups is 2. The van der Waals surface area contributed by atoms with Crippen molar-refractivity contribution >= 4 is 23.4 Å². The van der Waals surface area contributed by atoms with Crippen molar-refractivity contribution < 1.29 is 9.59 Å². The maximum Gasteiger partial charge on any atom is 0.242 e. The lowest BCUT2D eigenvalue weighted by atomic mass is 10.1. The van der Waals surface area contributed by atoms with Crippen LogP contribution in [0.5, 0.6) is 0 Å². The smallest absolute Gasteiger partial charge is 0.242 e. The van der Waals surface area contributed by atoms with Crippen LogP contribution in [0.4, 0.5) is 0 Å². The molecule has 1 N–H and O–H groups in total. The van der Waals surface area contributed by atoms with E-state index in [-0.39, 0.29) is 11.8 Å². The fourth-order valence-corrected chi connectivity index (χ4v) is 2.31. The van der Waals surface area contributed by atoms with Crippen LogP contribution in [-0.2, 0) is 16.1 Å². The van der Waals surface area contributed by atoms with E-state index in [1.165, 1.54) is 0 Å². The van der Waals surface area contributed by atoms with Gasteiger partial charge >= 0.3 is 0 Å². The summed E-state index contributed by atoms with van der Waals surface area (Å²) >= 11 is 5.90. The molecule has 0 aliphatic heterocycles. The molecule has 23 heavy (non-hydrogen) atoms. The Balaban J connectivity index is 2.84. The van der Waals surface area contributed by atoms with Crippen LogP contribution >= 0.6 is 11.6 Å². The number of hydrogen-bond donors (Lipinski definition) is 1. The second-order valence-corrected chi connectivity index (χ2v) is 6.65. The third-order valence-corrected chi connectivity index (χ3v) is 3.83. The number of benzene rings is 1. The van der Waals surface area contributed by atoms with Crippen LogP contribution in [-0.4, -0.2) is 29.3 Å². The van der Waals surface area contributed by atoms with Gasteiger partial charge in [-0.25, -0.2) is 0 Å². The van der Waals surface area contributed by atoms with Crippen molar-refractivity contribution in [3.05, 3.63) is 34.9 Å². The van der Waals surface area contributed by atoms with E-state index in [4.69, 9.17) is 11.6 Å². The molecular formula is C18H27ClN2O2. The van der Waals surface area contributed by atoms with Crippen LogP contribution in [0.1, 0.15) is 46.1 Å². The van der Waals surface area contributed by atoms with Gasteiger partial charge in [0.05, 0.1) is 0 Å². The number of halogens is 1. The van der Waals surface area contributed by atoms with Crippen LogP contribution in [0.15, 0.2) is 24.3 Å². The first-order valence-corrected chi connectivity index (χ1v) is 8.54. The molecule has 0 fully saturated rings. The predicted octanol–water partition coefficient (Wildman–Crippen LogP) is 3.63. The lowest BCUT2D eigenvalue weighted by Crippen LogP contribution is -2.48. The molecule has 1 rings (SSSR count). The van der Waals surface area contributed by atoms with Gasteiger partial charge in [0.1, 0.15) is 6.04 Å². The quantitative estimate of drug-likeness (QED) is 0.786. The molecule has 1 aromatic rings. The third kappa shape index (κ3) is 6.61. The summed E-state index contributed by atoms with van der Waals surface area (Å²) in [4.78, 5) is 26.4. The molecule has 0 radical (unpaired) electrons. The number of nitrogens with zero attached hydrogens (tertiary/aromatic N) is 1. The average Bonchev–Trinajstić information content (AvgIpc) is 2.51. The monoisotopic (exact) mass is 338 g/mol. The van der Waals surface area contributed by atoms with E-state index in [0.29, 0.717) is 30.5 Å². The van der Waals surface area contributed by atoms with Crippen LogP contribution in [0.2, 0.25) is 5.02 Å². The minimum Gasteiger partial charge on any atom is -0.354 e. The minimum absolute atomic E-state index is 0.00496. The summed E-state index contributed by atoms with van der Waals surface area (Å²) < 4.78 is 0. The van der Waals surface area contributed by atoms with Crippen molar-refractivity contribution in [3.63, 3.8) is 0 Å². The third-order valence-electron chi connectivity index (χ3n) is 3.58.